The van der Waals surface area contributed by atoms with Crippen LogP contribution in [0.2, 0.25) is 0 Å². The van der Waals surface area contributed by atoms with Gasteiger partial charge >= 0.3 is 5.97 Å². The van der Waals surface area contributed by atoms with E-state index in [-0.39, 0.29) is 36.4 Å². The van der Waals surface area contributed by atoms with Crippen LogP contribution in [-0.2, 0) is 9.53 Å². The summed E-state index contributed by atoms with van der Waals surface area (Å²) in [5, 5.41) is 3.21. The van der Waals surface area contributed by atoms with Gasteiger partial charge in [-0.3, -0.25) is 14.5 Å². The SMILES string of the molecule is CCOC(=O)c1c(NC(=O)CN2CCCC2c2ccc(OC)cc2)sc(C(C)=O)c1C. The van der Waals surface area contributed by atoms with Crippen LogP contribution in [0.15, 0.2) is 24.3 Å². The Bertz CT molecular complexity index is 967. The maximum Gasteiger partial charge on any atom is 0.341 e. The van der Waals surface area contributed by atoms with Gasteiger partial charge in [0.25, 0.3) is 0 Å². The zero-order valence-corrected chi connectivity index (χ0v) is 19.1. The van der Waals surface area contributed by atoms with Crippen LogP contribution in [-0.4, -0.2) is 49.4 Å². The van der Waals surface area contributed by atoms with E-state index in [9.17, 15) is 14.4 Å². The molecule has 1 aromatic heterocycles. The molecule has 0 spiro atoms. The number of anilines is 1. The molecule has 1 unspecified atom stereocenters. The first-order valence-electron chi connectivity index (χ1n) is 10.3. The maximum atomic E-state index is 12.9. The van der Waals surface area contributed by atoms with E-state index in [0.29, 0.717) is 15.4 Å². The van der Waals surface area contributed by atoms with E-state index < -0.39 is 5.97 Å². The van der Waals surface area contributed by atoms with E-state index in [1.807, 2.05) is 24.3 Å². The summed E-state index contributed by atoms with van der Waals surface area (Å²) in [5.41, 5.74) is 1.95. The van der Waals surface area contributed by atoms with Gasteiger partial charge in [0.05, 0.1) is 30.7 Å². The topological polar surface area (TPSA) is 84.9 Å². The van der Waals surface area contributed by atoms with Crippen LogP contribution in [0.25, 0.3) is 0 Å². The molecule has 0 aliphatic carbocycles. The molecule has 1 N–H and O–H groups in total. The average molecular weight is 445 g/mol. The second kappa shape index (κ2) is 10.1. The van der Waals surface area contributed by atoms with Crippen molar-refractivity contribution in [3.8, 4) is 5.75 Å². The number of esters is 1. The van der Waals surface area contributed by atoms with E-state index in [0.717, 1.165) is 42.0 Å². The Balaban J connectivity index is 1.75. The Labute approximate surface area is 186 Å². The summed E-state index contributed by atoms with van der Waals surface area (Å²) in [7, 11) is 1.63. The summed E-state index contributed by atoms with van der Waals surface area (Å²) in [4.78, 5) is 39.8. The van der Waals surface area contributed by atoms with E-state index in [1.165, 1.54) is 6.92 Å². The fraction of sp³-hybridized carbons (Fsp3) is 0.435. The van der Waals surface area contributed by atoms with Crippen molar-refractivity contribution in [2.24, 2.45) is 0 Å². The highest BCUT2D eigenvalue weighted by Crippen LogP contribution is 2.35. The van der Waals surface area contributed by atoms with Crippen molar-refractivity contribution in [2.75, 3.05) is 32.1 Å². The molecule has 0 radical (unpaired) electrons. The van der Waals surface area contributed by atoms with Gasteiger partial charge in [-0.2, -0.15) is 0 Å². The highest BCUT2D eigenvalue weighted by molar-refractivity contribution is 7.18. The van der Waals surface area contributed by atoms with Gasteiger partial charge in [0.1, 0.15) is 10.8 Å². The lowest BCUT2D eigenvalue weighted by Crippen LogP contribution is -2.33. The van der Waals surface area contributed by atoms with E-state index in [1.54, 1.807) is 21.0 Å². The standard InChI is InChI=1S/C23H28N2O5S/c1-5-30-23(28)20-14(2)21(15(3)26)31-22(20)24-19(27)13-25-12-6-7-18(25)16-8-10-17(29-4)11-9-16/h8-11,18H,5-7,12-13H2,1-4H3,(H,24,27). The Morgan fingerprint density at radius 3 is 2.55 bits per heavy atom. The van der Waals surface area contributed by atoms with Gasteiger partial charge in [0, 0.05) is 6.04 Å². The fourth-order valence-corrected chi connectivity index (χ4v) is 5.06. The molecule has 1 atom stereocenters. The number of benzene rings is 1. The number of hydrogen-bond acceptors (Lipinski definition) is 7. The average Bonchev–Trinajstić information content (AvgIpc) is 3.32. The van der Waals surface area contributed by atoms with E-state index in [4.69, 9.17) is 9.47 Å². The lowest BCUT2D eigenvalue weighted by atomic mass is 10.0. The molecule has 8 heteroatoms. The minimum atomic E-state index is -0.531. The molecular weight excluding hydrogens is 416 g/mol. The van der Waals surface area contributed by atoms with Crippen LogP contribution in [0.5, 0.6) is 5.75 Å². The number of methoxy groups -OCH3 is 1. The number of likely N-dealkylation sites (tertiary alicyclic amines) is 1. The molecule has 0 bridgehead atoms. The number of thiophene rings is 1. The number of ether oxygens (including phenoxy) is 2. The first-order chi connectivity index (χ1) is 14.8. The number of Topliss-reactive ketones (excluding diaryl/α,β-unsaturated/α-hetero) is 1. The Morgan fingerprint density at radius 2 is 1.94 bits per heavy atom. The third kappa shape index (κ3) is 5.14. The molecule has 166 valence electrons. The van der Waals surface area contributed by atoms with Crippen molar-refractivity contribution in [2.45, 2.75) is 39.7 Å². The normalized spacial score (nSPS) is 16.2. The van der Waals surface area contributed by atoms with Crippen molar-refractivity contribution in [1.29, 1.82) is 0 Å². The second-order valence-corrected chi connectivity index (χ2v) is 8.51. The maximum absolute atomic E-state index is 12.9. The van der Waals surface area contributed by atoms with Gasteiger partial charge in [0.15, 0.2) is 5.78 Å². The Morgan fingerprint density at radius 1 is 1.23 bits per heavy atom. The molecule has 1 amide bonds. The van der Waals surface area contributed by atoms with Crippen LogP contribution >= 0.6 is 11.3 Å². The third-order valence-corrected chi connectivity index (χ3v) is 6.72. The molecule has 31 heavy (non-hydrogen) atoms. The van der Waals surface area contributed by atoms with Crippen molar-refractivity contribution >= 4 is 34.0 Å². The van der Waals surface area contributed by atoms with Gasteiger partial charge in [0.2, 0.25) is 5.91 Å². The van der Waals surface area contributed by atoms with Crippen molar-refractivity contribution in [3.05, 3.63) is 45.8 Å². The highest BCUT2D eigenvalue weighted by atomic mass is 32.1. The Hall–Kier alpha value is -2.71. The zero-order valence-electron chi connectivity index (χ0n) is 18.3. The smallest absolute Gasteiger partial charge is 0.341 e. The zero-order chi connectivity index (χ0) is 22.5. The monoisotopic (exact) mass is 444 g/mol. The molecule has 1 saturated heterocycles. The summed E-state index contributed by atoms with van der Waals surface area (Å²) in [5.74, 6) is -0.0989. The van der Waals surface area contributed by atoms with Crippen LogP contribution in [0.1, 0.15) is 63.9 Å². The number of amides is 1. The molecule has 1 aromatic carbocycles. The highest BCUT2D eigenvalue weighted by Gasteiger charge is 2.29. The number of carbonyl (C=O) groups excluding carboxylic acids is 3. The number of rotatable bonds is 8. The van der Waals surface area contributed by atoms with Crippen molar-refractivity contribution < 1.29 is 23.9 Å². The largest absolute Gasteiger partial charge is 0.497 e. The van der Waals surface area contributed by atoms with Gasteiger partial charge in [-0.1, -0.05) is 12.1 Å². The first kappa shape index (κ1) is 23.0. The number of nitrogens with zero attached hydrogens (tertiary/aromatic N) is 1. The van der Waals surface area contributed by atoms with Gasteiger partial charge < -0.3 is 14.8 Å². The van der Waals surface area contributed by atoms with Crippen molar-refractivity contribution in [1.82, 2.24) is 4.90 Å². The lowest BCUT2D eigenvalue weighted by Gasteiger charge is -2.24. The summed E-state index contributed by atoms with van der Waals surface area (Å²) in [6.45, 7) is 6.10. The molecular formula is C23H28N2O5S. The molecule has 2 aromatic rings. The van der Waals surface area contributed by atoms with Gasteiger partial charge in [-0.15, -0.1) is 11.3 Å². The van der Waals surface area contributed by atoms with E-state index in [2.05, 4.69) is 10.2 Å². The molecule has 3 rings (SSSR count). The lowest BCUT2D eigenvalue weighted by molar-refractivity contribution is -0.117. The molecule has 2 heterocycles. The summed E-state index contributed by atoms with van der Waals surface area (Å²) < 4.78 is 10.4. The number of hydrogen-bond donors (Lipinski definition) is 1. The van der Waals surface area contributed by atoms with Crippen LogP contribution in [0.3, 0.4) is 0 Å². The molecule has 1 fully saturated rings. The summed E-state index contributed by atoms with van der Waals surface area (Å²) in [6, 6.07) is 8.06. The summed E-state index contributed by atoms with van der Waals surface area (Å²) in [6.07, 6.45) is 1.98. The van der Waals surface area contributed by atoms with Crippen LogP contribution in [0, 0.1) is 6.92 Å². The molecule has 0 saturated carbocycles. The van der Waals surface area contributed by atoms with Crippen LogP contribution in [0.4, 0.5) is 5.00 Å². The Kier molecular flexibility index (Phi) is 7.46. The molecule has 1 aliphatic heterocycles. The first-order valence-corrected chi connectivity index (χ1v) is 11.2. The van der Waals surface area contributed by atoms with Gasteiger partial charge in [-0.05, 0) is 63.4 Å². The number of carbonyl (C=O) groups is 3. The predicted molar refractivity (Wildman–Crippen MR) is 120 cm³/mol. The minimum Gasteiger partial charge on any atom is -0.497 e. The van der Waals surface area contributed by atoms with E-state index >= 15 is 0 Å². The molecule has 7 nitrogen and oxygen atoms in total. The van der Waals surface area contributed by atoms with Gasteiger partial charge in [-0.25, -0.2) is 4.79 Å². The number of nitrogens with one attached hydrogen (secondary N) is 1. The minimum absolute atomic E-state index is 0.146. The van der Waals surface area contributed by atoms with Crippen molar-refractivity contribution in [3.63, 3.8) is 0 Å². The van der Waals surface area contributed by atoms with Crippen LogP contribution < -0.4 is 10.1 Å². The quantitative estimate of drug-likeness (QED) is 0.485. The molecule has 1 aliphatic rings. The third-order valence-electron chi connectivity index (χ3n) is 5.41. The predicted octanol–water partition coefficient (Wildman–Crippen LogP) is 4.22. The second-order valence-electron chi connectivity index (χ2n) is 7.49. The number of ketones is 1. The summed E-state index contributed by atoms with van der Waals surface area (Å²) >= 11 is 1.12. The fourth-order valence-electron chi connectivity index (χ4n) is 3.96.